The summed E-state index contributed by atoms with van der Waals surface area (Å²) < 4.78 is 42.4. The van der Waals surface area contributed by atoms with E-state index in [0.29, 0.717) is 25.5 Å². The van der Waals surface area contributed by atoms with E-state index >= 15 is 0 Å². The van der Waals surface area contributed by atoms with Gasteiger partial charge >= 0.3 is 0 Å². The molecule has 1 aromatic carbocycles. The van der Waals surface area contributed by atoms with Crippen molar-refractivity contribution in [3.8, 4) is 11.5 Å². The Labute approximate surface area is 119 Å². The minimum atomic E-state index is -3.61. The van der Waals surface area contributed by atoms with Gasteiger partial charge in [0, 0.05) is 18.7 Å². The van der Waals surface area contributed by atoms with E-state index in [9.17, 15) is 8.42 Å². The van der Waals surface area contributed by atoms with E-state index in [1.165, 1.54) is 24.6 Å². The molecule has 1 aliphatic rings. The summed E-state index contributed by atoms with van der Waals surface area (Å²) in [6.45, 7) is 2.98. The molecule has 0 N–H and O–H groups in total. The van der Waals surface area contributed by atoms with Crippen molar-refractivity contribution in [2.75, 3.05) is 34.0 Å². The average Bonchev–Trinajstić information content (AvgIpc) is 2.46. The van der Waals surface area contributed by atoms with Gasteiger partial charge in [-0.15, -0.1) is 0 Å². The molecular weight excluding hydrogens is 282 g/mol. The largest absolute Gasteiger partial charge is 0.497 e. The van der Waals surface area contributed by atoms with Crippen LogP contribution in [0.3, 0.4) is 0 Å². The number of morpholine rings is 1. The molecule has 112 valence electrons. The van der Waals surface area contributed by atoms with Gasteiger partial charge in [0.2, 0.25) is 10.0 Å². The van der Waals surface area contributed by atoms with Gasteiger partial charge in [0.1, 0.15) is 16.4 Å². The zero-order valence-electron chi connectivity index (χ0n) is 11.8. The van der Waals surface area contributed by atoms with Crippen LogP contribution in [0.25, 0.3) is 0 Å². The number of methoxy groups -OCH3 is 2. The first-order chi connectivity index (χ1) is 9.50. The predicted molar refractivity (Wildman–Crippen MR) is 73.7 cm³/mol. The highest BCUT2D eigenvalue weighted by Gasteiger charge is 2.33. The molecule has 0 amide bonds. The van der Waals surface area contributed by atoms with E-state index in [4.69, 9.17) is 14.2 Å². The van der Waals surface area contributed by atoms with Crippen LogP contribution >= 0.6 is 0 Å². The Morgan fingerprint density at radius 3 is 2.65 bits per heavy atom. The number of ether oxygens (including phenoxy) is 3. The Bertz CT molecular complexity index is 572. The molecule has 1 saturated heterocycles. The first kappa shape index (κ1) is 15.1. The third kappa shape index (κ3) is 2.74. The summed E-state index contributed by atoms with van der Waals surface area (Å²) in [5.41, 5.74) is 0. The fourth-order valence-corrected chi connectivity index (χ4v) is 3.92. The second-order valence-electron chi connectivity index (χ2n) is 4.56. The van der Waals surface area contributed by atoms with Crippen molar-refractivity contribution in [1.82, 2.24) is 4.31 Å². The quantitative estimate of drug-likeness (QED) is 0.833. The Hall–Kier alpha value is -1.31. The second-order valence-corrected chi connectivity index (χ2v) is 6.42. The summed E-state index contributed by atoms with van der Waals surface area (Å²) in [5, 5.41) is 0. The minimum Gasteiger partial charge on any atom is -0.497 e. The molecular formula is C13H19NO5S. The van der Waals surface area contributed by atoms with Crippen molar-refractivity contribution in [3.63, 3.8) is 0 Å². The number of rotatable bonds is 4. The number of nitrogens with zero attached hydrogens (tertiary/aromatic N) is 1. The molecule has 6 nitrogen and oxygen atoms in total. The topological polar surface area (TPSA) is 65.1 Å². The first-order valence-electron chi connectivity index (χ1n) is 6.32. The van der Waals surface area contributed by atoms with Gasteiger partial charge in [0.15, 0.2) is 0 Å². The first-order valence-corrected chi connectivity index (χ1v) is 7.76. The summed E-state index contributed by atoms with van der Waals surface area (Å²) >= 11 is 0. The van der Waals surface area contributed by atoms with Gasteiger partial charge in [-0.1, -0.05) is 0 Å². The molecule has 2 rings (SSSR count). The molecule has 1 fully saturated rings. The van der Waals surface area contributed by atoms with E-state index in [-0.39, 0.29) is 16.7 Å². The van der Waals surface area contributed by atoms with E-state index in [0.717, 1.165) is 0 Å². The van der Waals surface area contributed by atoms with E-state index < -0.39 is 10.0 Å². The molecule has 1 atom stereocenters. The van der Waals surface area contributed by atoms with Crippen LogP contribution in [0.1, 0.15) is 6.92 Å². The van der Waals surface area contributed by atoms with Crippen molar-refractivity contribution >= 4 is 10.0 Å². The van der Waals surface area contributed by atoms with Crippen LogP contribution in [-0.2, 0) is 14.8 Å². The van der Waals surface area contributed by atoms with Crippen molar-refractivity contribution in [3.05, 3.63) is 18.2 Å². The van der Waals surface area contributed by atoms with Gasteiger partial charge in [-0.2, -0.15) is 4.31 Å². The number of hydrogen-bond acceptors (Lipinski definition) is 5. The zero-order chi connectivity index (χ0) is 14.8. The van der Waals surface area contributed by atoms with Crippen molar-refractivity contribution in [2.24, 2.45) is 0 Å². The lowest BCUT2D eigenvalue weighted by Gasteiger charge is -2.32. The summed E-state index contributed by atoms with van der Waals surface area (Å²) in [4.78, 5) is 0.148. The van der Waals surface area contributed by atoms with Crippen LogP contribution in [0.2, 0.25) is 0 Å². The number of benzene rings is 1. The maximum atomic E-state index is 12.7. The van der Waals surface area contributed by atoms with E-state index in [2.05, 4.69) is 0 Å². The molecule has 0 aromatic heterocycles. The van der Waals surface area contributed by atoms with Crippen LogP contribution < -0.4 is 9.47 Å². The van der Waals surface area contributed by atoms with E-state index in [1.807, 2.05) is 6.92 Å². The highest BCUT2D eigenvalue weighted by atomic mass is 32.2. The lowest BCUT2D eigenvalue weighted by atomic mass is 10.3. The fourth-order valence-electron chi connectivity index (χ4n) is 2.18. The molecule has 0 spiro atoms. The highest BCUT2D eigenvalue weighted by molar-refractivity contribution is 7.89. The average molecular weight is 301 g/mol. The maximum absolute atomic E-state index is 12.7. The maximum Gasteiger partial charge on any atom is 0.247 e. The number of hydrogen-bond donors (Lipinski definition) is 0. The lowest BCUT2D eigenvalue weighted by molar-refractivity contribution is 0.0392. The molecule has 7 heteroatoms. The van der Waals surface area contributed by atoms with Gasteiger partial charge in [-0.05, 0) is 19.1 Å². The van der Waals surface area contributed by atoms with Gasteiger partial charge in [0.25, 0.3) is 0 Å². The van der Waals surface area contributed by atoms with Gasteiger partial charge in [-0.25, -0.2) is 8.42 Å². The predicted octanol–water partition coefficient (Wildman–Crippen LogP) is 1.11. The van der Waals surface area contributed by atoms with Gasteiger partial charge < -0.3 is 14.2 Å². The molecule has 1 unspecified atom stereocenters. The third-order valence-corrected chi connectivity index (χ3v) is 5.32. The van der Waals surface area contributed by atoms with Crippen LogP contribution in [-0.4, -0.2) is 52.7 Å². The zero-order valence-corrected chi connectivity index (χ0v) is 12.6. The van der Waals surface area contributed by atoms with Gasteiger partial charge in [-0.3, -0.25) is 0 Å². The number of sulfonamides is 1. The third-order valence-electron chi connectivity index (χ3n) is 3.26. The SMILES string of the molecule is COc1ccc(S(=O)(=O)N2CCOCC2C)c(OC)c1. The summed E-state index contributed by atoms with van der Waals surface area (Å²) in [5.74, 6) is 0.832. The van der Waals surface area contributed by atoms with Crippen LogP contribution in [0.15, 0.2) is 23.1 Å². The molecule has 0 aliphatic carbocycles. The van der Waals surface area contributed by atoms with Crippen molar-refractivity contribution in [2.45, 2.75) is 17.9 Å². The van der Waals surface area contributed by atoms with Crippen LogP contribution in [0.4, 0.5) is 0 Å². The molecule has 20 heavy (non-hydrogen) atoms. The monoisotopic (exact) mass is 301 g/mol. The molecule has 1 aromatic rings. The van der Waals surface area contributed by atoms with E-state index in [1.54, 1.807) is 12.1 Å². The molecule has 1 heterocycles. The minimum absolute atomic E-state index is 0.148. The lowest BCUT2D eigenvalue weighted by Crippen LogP contribution is -2.47. The Morgan fingerprint density at radius 1 is 1.30 bits per heavy atom. The normalized spacial score (nSPS) is 20.6. The van der Waals surface area contributed by atoms with Gasteiger partial charge in [0.05, 0.1) is 27.4 Å². The Balaban J connectivity index is 2.43. The summed E-state index contributed by atoms with van der Waals surface area (Å²) in [6.07, 6.45) is 0. The van der Waals surface area contributed by atoms with Crippen LogP contribution in [0.5, 0.6) is 11.5 Å². The summed E-state index contributed by atoms with van der Waals surface area (Å²) in [6, 6.07) is 4.49. The van der Waals surface area contributed by atoms with Crippen molar-refractivity contribution < 1.29 is 22.6 Å². The molecule has 1 aliphatic heterocycles. The second kappa shape index (κ2) is 5.99. The standard InChI is InChI=1S/C13H19NO5S/c1-10-9-19-7-6-14(10)20(15,16)13-5-4-11(17-2)8-12(13)18-3/h4-5,8,10H,6-7,9H2,1-3H3. The van der Waals surface area contributed by atoms with Crippen LogP contribution in [0, 0.1) is 0 Å². The van der Waals surface area contributed by atoms with Crippen molar-refractivity contribution in [1.29, 1.82) is 0 Å². The fraction of sp³-hybridized carbons (Fsp3) is 0.538. The molecule has 0 saturated carbocycles. The Kier molecular flexibility index (Phi) is 4.52. The summed E-state index contributed by atoms with van der Waals surface area (Å²) in [7, 11) is -0.644. The molecule has 0 radical (unpaired) electrons. The highest BCUT2D eigenvalue weighted by Crippen LogP contribution is 2.31. The molecule has 0 bridgehead atoms. The Morgan fingerprint density at radius 2 is 2.05 bits per heavy atom. The smallest absolute Gasteiger partial charge is 0.247 e.